The monoisotopic (exact) mass is 342 g/mol. The SMILES string of the molecule is Nc1ccc(C(=O)N2CCOCC2CC(=O)O)cc1Br. The van der Waals surface area contributed by atoms with E-state index in [-0.39, 0.29) is 18.9 Å². The van der Waals surface area contributed by atoms with Crippen molar-refractivity contribution in [3.63, 3.8) is 0 Å². The lowest BCUT2D eigenvalue weighted by atomic mass is 10.1. The Bertz CT molecular complexity index is 535. The molecule has 0 aliphatic carbocycles. The Kier molecular flexibility index (Phi) is 4.61. The van der Waals surface area contributed by atoms with Gasteiger partial charge < -0.3 is 20.5 Å². The Balaban J connectivity index is 2.20. The molecule has 1 heterocycles. The lowest BCUT2D eigenvalue weighted by Gasteiger charge is -2.35. The number of anilines is 1. The number of carbonyl (C=O) groups excluding carboxylic acids is 1. The summed E-state index contributed by atoms with van der Waals surface area (Å²) in [5.41, 5.74) is 6.71. The van der Waals surface area contributed by atoms with Gasteiger partial charge in [0.1, 0.15) is 0 Å². The van der Waals surface area contributed by atoms with Crippen LogP contribution in [0.2, 0.25) is 0 Å². The predicted molar refractivity (Wildman–Crippen MR) is 76.5 cm³/mol. The van der Waals surface area contributed by atoms with Crippen LogP contribution in [-0.2, 0) is 9.53 Å². The molecule has 1 saturated heterocycles. The van der Waals surface area contributed by atoms with Crippen molar-refractivity contribution in [2.45, 2.75) is 12.5 Å². The van der Waals surface area contributed by atoms with Crippen molar-refractivity contribution in [3.05, 3.63) is 28.2 Å². The van der Waals surface area contributed by atoms with E-state index in [1.807, 2.05) is 0 Å². The van der Waals surface area contributed by atoms with Crippen molar-refractivity contribution in [1.29, 1.82) is 0 Å². The number of morpholine rings is 1. The number of carbonyl (C=O) groups is 2. The average molecular weight is 343 g/mol. The summed E-state index contributed by atoms with van der Waals surface area (Å²) in [6.07, 6.45) is -0.123. The first-order chi connectivity index (χ1) is 9.49. The van der Waals surface area contributed by atoms with E-state index in [2.05, 4.69) is 15.9 Å². The molecule has 0 spiro atoms. The number of carboxylic acid groups (broad SMARTS) is 1. The second-order valence-corrected chi connectivity index (χ2v) is 5.42. The number of nitrogens with two attached hydrogens (primary N) is 1. The zero-order valence-corrected chi connectivity index (χ0v) is 12.3. The fraction of sp³-hybridized carbons (Fsp3) is 0.385. The summed E-state index contributed by atoms with van der Waals surface area (Å²) in [6, 6.07) is 4.48. The van der Waals surface area contributed by atoms with Crippen molar-refractivity contribution in [2.24, 2.45) is 0 Å². The maximum Gasteiger partial charge on any atom is 0.305 e. The number of nitrogens with zero attached hydrogens (tertiary/aromatic N) is 1. The molecule has 0 bridgehead atoms. The largest absolute Gasteiger partial charge is 0.481 e. The molecule has 3 N–H and O–H groups in total. The van der Waals surface area contributed by atoms with Gasteiger partial charge in [0.15, 0.2) is 0 Å². The summed E-state index contributed by atoms with van der Waals surface area (Å²) in [5.74, 6) is -1.16. The van der Waals surface area contributed by atoms with E-state index in [0.29, 0.717) is 28.9 Å². The van der Waals surface area contributed by atoms with Crippen LogP contribution in [0.3, 0.4) is 0 Å². The van der Waals surface area contributed by atoms with Gasteiger partial charge in [0, 0.05) is 22.3 Å². The van der Waals surface area contributed by atoms with Crippen LogP contribution in [-0.4, -0.2) is 47.7 Å². The predicted octanol–water partition coefficient (Wildman–Crippen LogP) is 1.35. The van der Waals surface area contributed by atoms with Crippen LogP contribution in [0.4, 0.5) is 5.69 Å². The molecule has 2 rings (SSSR count). The van der Waals surface area contributed by atoms with Crippen LogP contribution in [0.1, 0.15) is 16.8 Å². The maximum absolute atomic E-state index is 12.5. The van der Waals surface area contributed by atoms with Gasteiger partial charge in [0.2, 0.25) is 0 Å². The first kappa shape index (κ1) is 14.8. The van der Waals surface area contributed by atoms with Crippen molar-refractivity contribution in [3.8, 4) is 0 Å². The van der Waals surface area contributed by atoms with Gasteiger partial charge in [-0.1, -0.05) is 0 Å². The fourth-order valence-corrected chi connectivity index (χ4v) is 2.50. The summed E-state index contributed by atoms with van der Waals surface area (Å²) in [6.45, 7) is 1.05. The minimum absolute atomic E-state index is 0.123. The average Bonchev–Trinajstić information content (AvgIpc) is 2.41. The van der Waals surface area contributed by atoms with Gasteiger partial charge in [-0.05, 0) is 34.1 Å². The Morgan fingerprint density at radius 1 is 1.50 bits per heavy atom. The summed E-state index contributed by atoms with van der Waals surface area (Å²) < 4.78 is 5.90. The Labute approximate surface area is 124 Å². The third kappa shape index (κ3) is 3.29. The summed E-state index contributed by atoms with van der Waals surface area (Å²) >= 11 is 3.28. The molecule has 7 heteroatoms. The Hall–Kier alpha value is -1.60. The van der Waals surface area contributed by atoms with Gasteiger partial charge in [-0.3, -0.25) is 9.59 Å². The van der Waals surface area contributed by atoms with Crippen LogP contribution in [0.5, 0.6) is 0 Å². The van der Waals surface area contributed by atoms with Crippen LogP contribution in [0, 0.1) is 0 Å². The van der Waals surface area contributed by atoms with E-state index in [1.165, 1.54) is 0 Å². The molecule has 20 heavy (non-hydrogen) atoms. The Morgan fingerprint density at radius 2 is 2.25 bits per heavy atom. The van der Waals surface area contributed by atoms with E-state index in [9.17, 15) is 9.59 Å². The minimum Gasteiger partial charge on any atom is -0.481 e. The number of nitrogen functional groups attached to an aromatic ring is 1. The summed E-state index contributed by atoms with van der Waals surface area (Å²) in [5, 5.41) is 8.90. The maximum atomic E-state index is 12.5. The molecular formula is C13H15BrN2O4. The number of benzene rings is 1. The van der Waals surface area contributed by atoms with Crippen molar-refractivity contribution in [1.82, 2.24) is 4.90 Å². The molecule has 1 fully saturated rings. The molecule has 1 aromatic carbocycles. The minimum atomic E-state index is -0.947. The quantitative estimate of drug-likeness (QED) is 0.808. The number of ether oxygens (including phenoxy) is 1. The molecule has 1 unspecified atom stereocenters. The van der Waals surface area contributed by atoms with Crippen molar-refractivity contribution >= 4 is 33.5 Å². The van der Waals surface area contributed by atoms with Crippen molar-refractivity contribution < 1.29 is 19.4 Å². The normalized spacial score (nSPS) is 18.9. The summed E-state index contributed by atoms with van der Waals surface area (Å²) in [4.78, 5) is 24.9. The number of aliphatic carboxylic acids is 1. The van der Waals surface area contributed by atoms with Gasteiger partial charge in [-0.25, -0.2) is 0 Å². The number of rotatable bonds is 3. The first-order valence-corrected chi connectivity index (χ1v) is 6.94. The number of amides is 1. The molecule has 1 atom stereocenters. The molecule has 1 aliphatic heterocycles. The standard InChI is InChI=1S/C13H15BrN2O4/c14-10-5-8(1-2-11(10)15)13(19)16-3-4-20-7-9(16)6-12(17)18/h1-2,5,9H,3-4,6-7,15H2,(H,17,18). The molecule has 6 nitrogen and oxygen atoms in total. The lowest BCUT2D eigenvalue weighted by Crippen LogP contribution is -2.49. The van der Waals surface area contributed by atoms with Gasteiger partial charge in [-0.2, -0.15) is 0 Å². The van der Waals surface area contributed by atoms with Gasteiger partial charge in [0.05, 0.1) is 25.7 Å². The highest BCUT2D eigenvalue weighted by atomic mass is 79.9. The zero-order valence-electron chi connectivity index (χ0n) is 10.7. The van der Waals surface area contributed by atoms with E-state index in [0.717, 1.165) is 0 Å². The highest BCUT2D eigenvalue weighted by Crippen LogP contribution is 2.22. The summed E-state index contributed by atoms with van der Waals surface area (Å²) in [7, 11) is 0. The van der Waals surface area contributed by atoms with E-state index in [4.69, 9.17) is 15.6 Å². The molecular weight excluding hydrogens is 328 g/mol. The van der Waals surface area contributed by atoms with E-state index < -0.39 is 12.0 Å². The second-order valence-electron chi connectivity index (χ2n) is 4.56. The van der Waals surface area contributed by atoms with Gasteiger partial charge >= 0.3 is 5.97 Å². The van der Waals surface area contributed by atoms with Crippen LogP contribution >= 0.6 is 15.9 Å². The topological polar surface area (TPSA) is 92.9 Å². The number of halogens is 1. The molecule has 0 aromatic heterocycles. The second kappa shape index (κ2) is 6.23. The van der Waals surface area contributed by atoms with Crippen LogP contribution in [0.15, 0.2) is 22.7 Å². The smallest absolute Gasteiger partial charge is 0.305 e. The van der Waals surface area contributed by atoms with Crippen LogP contribution in [0.25, 0.3) is 0 Å². The van der Waals surface area contributed by atoms with E-state index >= 15 is 0 Å². The number of hydrogen-bond acceptors (Lipinski definition) is 4. The third-order valence-electron chi connectivity index (χ3n) is 3.15. The molecule has 1 aromatic rings. The Morgan fingerprint density at radius 3 is 2.90 bits per heavy atom. The molecule has 1 amide bonds. The van der Waals surface area contributed by atoms with Crippen LogP contribution < -0.4 is 5.73 Å². The van der Waals surface area contributed by atoms with Gasteiger partial charge in [0.25, 0.3) is 5.91 Å². The number of carboxylic acids is 1. The first-order valence-electron chi connectivity index (χ1n) is 6.14. The highest BCUT2D eigenvalue weighted by Gasteiger charge is 2.29. The fourth-order valence-electron chi connectivity index (χ4n) is 2.12. The lowest BCUT2D eigenvalue weighted by molar-refractivity contribution is -0.139. The molecule has 0 radical (unpaired) electrons. The van der Waals surface area contributed by atoms with E-state index in [1.54, 1.807) is 23.1 Å². The molecule has 0 saturated carbocycles. The zero-order chi connectivity index (χ0) is 14.7. The van der Waals surface area contributed by atoms with Crippen molar-refractivity contribution in [2.75, 3.05) is 25.5 Å². The van der Waals surface area contributed by atoms with Gasteiger partial charge in [-0.15, -0.1) is 0 Å². The molecule has 108 valence electrons. The third-order valence-corrected chi connectivity index (χ3v) is 3.83. The molecule has 1 aliphatic rings. The highest BCUT2D eigenvalue weighted by molar-refractivity contribution is 9.10. The number of hydrogen-bond donors (Lipinski definition) is 2.